The molecule has 0 spiro atoms. The Morgan fingerprint density at radius 2 is 1.88 bits per heavy atom. The Bertz CT molecular complexity index is 1150. The lowest BCUT2D eigenvalue weighted by Crippen LogP contribution is -2.49. The second-order valence-electron chi connectivity index (χ2n) is 10.9. The van der Waals surface area contributed by atoms with Gasteiger partial charge in [0, 0.05) is 67.0 Å². The fraction of sp³-hybridized carbons (Fsp3) is 0.567. The molecule has 10 heteroatoms. The second kappa shape index (κ2) is 13.8. The van der Waals surface area contributed by atoms with Gasteiger partial charge in [-0.25, -0.2) is 0 Å². The number of carbonyl (C=O) groups excluding carboxylic acids is 1. The highest BCUT2D eigenvalue weighted by Crippen LogP contribution is 2.38. The maximum Gasteiger partial charge on any atom is 0.416 e. The average Bonchev–Trinajstić information content (AvgIpc) is 3.45. The van der Waals surface area contributed by atoms with Gasteiger partial charge in [-0.1, -0.05) is 49.5 Å². The van der Waals surface area contributed by atoms with Gasteiger partial charge in [-0.2, -0.15) is 13.2 Å². The summed E-state index contributed by atoms with van der Waals surface area (Å²) in [6.45, 7) is 8.00. The first-order valence-corrected chi connectivity index (χ1v) is 15.0. The molecule has 0 radical (unpaired) electrons. The zero-order valence-electron chi connectivity index (χ0n) is 23.2. The van der Waals surface area contributed by atoms with E-state index in [1.807, 2.05) is 11.0 Å². The summed E-state index contributed by atoms with van der Waals surface area (Å²) in [5.41, 5.74) is 1.74. The van der Waals surface area contributed by atoms with Gasteiger partial charge in [-0.3, -0.25) is 4.79 Å². The van der Waals surface area contributed by atoms with Crippen LogP contribution in [0.15, 0.2) is 36.4 Å². The van der Waals surface area contributed by atoms with Gasteiger partial charge in [-0.15, -0.1) is 0 Å². The van der Waals surface area contributed by atoms with Crippen molar-refractivity contribution >= 4 is 34.8 Å². The van der Waals surface area contributed by atoms with Crippen molar-refractivity contribution in [1.29, 1.82) is 0 Å². The van der Waals surface area contributed by atoms with Crippen LogP contribution in [0.1, 0.15) is 62.3 Å². The SMILES string of the molecule is CCC(C)[C@H](NC[C@H]1CCCN1)c1cc(C(F)(F)F)ccc1N1CCN(C(=O)CCc2ccc(Cl)cc2Cl)CC1. The average molecular weight is 600 g/mol. The van der Waals surface area contributed by atoms with Crippen LogP contribution in [0.2, 0.25) is 10.0 Å². The molecule has 0 saturated carbocycles. The van der Waals surface area contributed by atoms with Gasteiger partial charge in [0.1, 0.15) is 0 Å². The van der Waals surface area contributed by atoms with Crippen molar-refractivity contribution in [2.75, 3.05) is 44.2 Å². The molecule has 40 heavy (non-hydrogen) atoms. The van der Waals surface area contributed by atoms with Crippen molar-refractivity contribution in [2.45, 2.75) is 64.2 Å². The third kappa shape index (κ3) is 7.84. The molecule has 0 aliphatic carbocycles. The van der Waals surface area contributed by atoms with Gasteiger partial charge in [-0.05, 0) is 73.2 Å². The third-order valence-corrected chi connectivity index (χ3v) is 8.83. The first-order chi connectivity index (χ1) is 19.1. The van der Waals surface area contributed by atoms with E-state index < -0.39 is 11.7 Å². The summed E-state index contributed by atoms with van der Waals surface area (Å²) in [5, 5.41) is 8.19. The molecule has 2 aliphatic heterocycles. The number of nitrogens with zero attached hydrogens (tertiary/aromatic N) is 2. The summed E-state index contributed by atoms with van der Waals surface area (Å²) in [4.78, 5) is 16.9. The molecule has 4 rings (SSSR count). The number of piperazine rings is 1. The molecule has 2 aliphatic rings. The van der Waals surface area contributed by atoms with Crippen LogP contribution in [0, 0.1) is 5.92 Å². The van der Waals surface area contributed by atoms with Gasteiger partial charge in [0.05, 0.1) is 5.56 Å². The van der Waals surface area contributed by atoms with Crippen LogP contribution in [0.3, 0.4) is 0 Å². The standard InChI is InChI=1S/C30H39Cl2F3N4O/c1-3-20(2)29(37-19-24-5-4-12-36-24)25-17-22(30(33,34)35)8-10-27(25)38-13-15-39(16-14-38)28(40)11-7-21-6-9-23(31)18-26(21)32/h6,8-10,17-18,20,24,29,36-37H,3-5,7,11-16,19H2,1-2H3/t20?,24-,29+/m1/s1. The maximum atomic E-state index is 13.8. The van der Waals surface area contributed by atoms with Crippen molar-refractivity contribution in [2.24, 2.45) is 5.92 Å². The number of nitrogens with one attached hydrogen (secondary N) is 2. The Labute approximate surface area is 245 Å². The molecule has 2 fully saturated rings. The Morgan fingerprint density at radius 1 is 1.12 bits per heavy atom. The zero-order valence-corrected chi connectivity index (χ0v) is 24.7. The highest BCUT2D eigenvalue weighted by molar-refractivity contribution is 6.35. The molecule has 2 aromatic carbocycles. The second-order valence-corrected chi connectivity index (χ2v) is 11.8. The lowest BCUT2D eigenvalue weighted by molar-refractivity contribution is -0.137. The normalized spacial score (nSPS) is 19.6. The fourth-order valence-electron chi connectivity index (χ4n) is 5.64. The van der Waals surface area contributed by atoms with Crippen LogP contribution in [-0.4, -0.2) is 56.1 Å². The summed E-state index contributed by atoms with van der Waals surface area (Å²) < 4.78 is 41.4. The molecule has 2 N–H and O–H groups in total. The number of rotatable bonds is 10. The number of aryl methyl sites for hydroxylation is 1. The van der Waals surface area contributed by atoms with E-state index in [0.29, 0.717) is 67.2 Å². The van der Waals surface area contributed by atoms with Crippen molar-refractivity contribution in [3.05, 3.63) is 63.1 Å². The van der Waals surface area contributed by atoms with Gasteiger partial charge in [0.2, 0.25) is 5.91 Å². The number of anilines is 1. The quantitative estimate of drug-likeness (QED) is 0.318. The number of amides is 1. The molecule has 2 saturated heterocycles. The van der Waals surface area contributed by atoms with E-state index in [1.165, 1.54) is 12.1 Å². The van der Waals surface area contributed by atoms with Crippen LogP contribution in [0.4, 0.5) is 18.9 Å². The Kier molecular flexibility index (Phi) is 10.7. The lowest BCUT2D eigenvalue weighted by Gasteiger charge is -2.39. The van der Waals surface area contributed by atoms with Crippen LogP contribution in [0.25, 0.3) is 0 Å². The molecular weight excluding hydrogens is 560 g/mol. The number of hydrogen-bond acceptors (Lipinski definition) is 4. The molecule has 1 amide bonds. The molecule has 2 heterocycles. The van der Waals surface area contributed by atoms with Gasteiger partial charge in [0.25, 0.3) is 0 Å². The van der Waals surface area contributed by atoms with Crippen molar-refractivity contribution in [3.63, 3.8) is 0 Å². The first kappa shape index (κ1) is 30.9. The van der Waals surface area contributed by atoms with Crippen molar-refractivity contribution in [1.82, 2.24) is 15.5 Å². The summed E-state index contributed by atoms with van der Waals surface area (Å²) in [7, 11) is 0. The summed E-state index contributed by atoms with van der Waals surface area (Å²) >= 11 is 12.2. The number of benzene rings is 2. The number of alkyl halides is 3. The molecule has 0 aromatic heterocycles. The molecule has 5 nitrogen and oxygen atoms in total. The van der Waals surface area contributed by atoms with Gasteiger partial charge >= 0.3 is 6.18 Å². The van der Waals surface area contributed by atoms with E-state index in [1.54, 1.807) is 18.2 Å². The van der Waals surface area contributed by atoms with E-state index in [-0.39, 0.29) is 17.9 Å². The lowest BCUT2D eigenvalue weighted by atomic mass is 9.89. The monoisotopic (exact) mass is 598 g/mol. The molecule has 220 valence electrons. The number of halogens is 5. The van der Waals surface area contributed by atoms with Gasteiger partial charge < -0.3 is 20.4 Å². The van der Waals surface area contributed by atoms with Crippen LogP contribution in [-0.2, 0) is 17.4 Å². The maximum absolute atomic E-state index is 13.8. The van der Waals surface area contributed by atoms with Crippen molar-refractivity contribution < 1.29 is 18.0 Å². The van der Waals surface area contributed by atoms with E-state index in [2.05, 4.69) is 29.4 Å². The smallest absolute Gasteiger partial charge is 0.368 e. The van der Waals surface area contributed by atoms with Crippen LogP contribution < -0.4 is 15.5 Å². The fourth-order valence-corrected chi connectivity index (χ4v) is 6.15. The predicted molar refractivity (Wildman–Crippen MR) is 156 cm³/mol. The topological polar surface area (TPSA) is 47.6 Å². The summed E-state index contributed by atoms with van der Waals surface area (Å²) in [5.74, 6) is 0.188. The third-order valence-electron chi connectivity index (χ3n) is 8.25. The molecule has 0 bridgehead atoms. The minimum Gasteiger partial charge on any atom is -0.368 e. The first-order valence-electron chi connectivity index (χ1n) is 14.2. The van der Waals surface area contributed by atoms with Gasteiger partial charge in [0.15, 0.2) is 0 Å². The predicted octanol–water partition coefficient (Wildman–Crippen LogP) is 6.72. The largest absolute Gasteiger partial charge is 0.416 e. The summed E-state index contributed by atoms with van der Waals surface area (Å²) in [6.07, 6.45) is -0.539. The minimum atomic E-state index is -4.42. The van der Waals surface area contributed by atoms with Crippen LogP contribution in [0.5, 0.6) is 0 Å². The highest BCUT2D eigenvalue weighted by Gasteiger charge is 2.34. The van der Waals surface area contributed by atoms with E-state index in [4.69, 9.17) is 23.2 Å². The van der Waals surface area contributed by atoms with Crippen molar-refractivity contribution in [3.8, 4) is 0 Å². The molecule has 3 atom stereocenters. The highest BCUT2D eigenvalue weighted by atomic mass is 35.5. The number of carbonyl (C=O) groups is 1. The zero-order chi connectivity index (χ0) is 28.9. The van der Waals surface area contributed by atoms with E-state index in [0.717, 1.165) is 37.1 Å². The molecular formula is C30H39Cl2F3N4O. The molecule has 1 unspecified atom stereocenters. The van der Waals surface area contributed by atoms with E-state index >= 15 is 0 Å². The Balaban J connectivity index is 1.47. The molecule has 2 aromatic rings. The Hall–Kier alpha value is -2.00. The van der Waals surface area contributed by atoms with Crippen LogP contribution >= 0.6 is 23.2 Å². The minimum absolute atomic E-state index is 0.0431. The Morgan fingerprint density at radius 3 is 2.50 bits per heavy atom. The summed E-state index contributed by atoms with van der Waals surface area (Å²) in [6, 6.07) is 9.52. The number of hydrogen-bond donors (Lipinski definition) is 2. The van der Waals surface area contributed by atoms with E-state index in [9.17, 15) is 18.0 Å².